The smallest absolute Gasteiger partial charge is 0.262 e. The number of hydrogen-bond acceptors (Lipinski definition) is 5. The Morgan fingerprint density at radius 3 is 2.50 bits per heavy atom. The monoisotopic (exact) mass is 446 g/mol. The molecule has 0 aromatic heterocycles. The SMILES string of the molecule is CC(C)C(NC(=O)c1ccc(Cl)cc1Cl)C(=O)N/N=C/c1ccc(OCC#N)cc1. The first-order valence-electron chi connectivity index (χ1n) is 9.00. The second-order valence-electron chi connectivity index (χ2n) is 6.57. The van der Waals surface area contributed by atoms with Crippen LogP contribution in [0.1, 0.15) is 29.8 Å². The average molecular weight is 447 g/mol. The maximum Gasteiger partial charge on any atom is 0.262 e. The molecular weight excluding hydrogens is 427 g/mol. The number of hydrazone groups is 1. The Kier molecular flexibility index (Phi) is 8.66. The van der Waals surface area contributed by atoms with Crippen LogP contribution in [0.4, 0.5) is 0 Å². The molecule has 0 aliphatic rings. The van der Waals surface area contributed by atoms with Crippen LogP contribution in [-0.4, -0.2) is 30.7 Å². The molecule has 0 aliphatic heterocycles. The van der Waals surface area contributed by atoms with Gasteiger partial charge in [0, 0.05) is 5.02 Å². The standard InChI is InChI=1S/C21H20Cl2N4O3/c1-13(2)19(26-20(28)17-8-5-15(22)11-18(17)23)21(29)27-25-12-14-3-6-16(7-4-14)30-10-9-24/h3-8,11-13,19H,10H2,1-2H3,(H,26,28)(H,27,29)/b25-12+. The van der Waals surface area contributed by atoms with Gasteiger partial charge in [0.05, 0.1) is 16.8 Å². The van der Waals surface area contributed by atoms with E-state index in [1.165, 1.54) is 18.3 Å². The highest BCUT2D eigenvalue weighted by Gasteiger charge is 2.25. The summed E-state index contributed by atoms with van der Waals surface area (Å²) in [6, 6.07) is 12.4. The van der Waals surface area contributed by atoms with Gasteiger partial charge in [0.1, 0.15) is 17.9 Å². The van der Waals surface area contributed by atoms with E-state index in [2.05, 4.69) is 15.8 Å². The van der Waals surface area contributed by atoms with E-state index < -0.39 is 17.9 Å². The number of rotatable bonds is 8. The van der Waals surface area contributed by atoms with Crippen molar-refractivity contribution in [3.05, 3.63) is 63.6 Å². The van der Waals surface area contributed by atoms with Gasteiger partial charge < -0.3 is 10.1 Å². The predicted molar refractivity (Wildman–Crippen MR) is 116 cm³/mol. The van der Waals surface area contributed by atoms with Gasteiger partial charge in [-0.25, -0.2) is 5.43 Å². The summed E-state index contributed by atoms with van der Waals surface area (Å²) in [6.45, 7) is 3.57. The van der Waals surface area contributed by atoms with Crippen molar-refractivity contribution in [3.8, 4) is 11.8 Å². The van der Waals surface area contributed by atoms with E-state index in [4.69, 9.17) is 33.2 Å². The van der Waals surface area contributed by atoms with Crippen molar-refractivity contribution in [3.63, 3.8) is 0 Å². The summed E-state index contributed by atoms with van der Waals surface area (Å²) in [4.78, 5) is 25.0. The molecule has 0 radical (unpaired) electrons. The molecule has 1 unspecified atom stereocenters. The molecule has 0 spiro atoms. The zero-order valence-corrected chi connectivity index (χ0v) is 17.9. The van der Waals surface area contributed by atoms with Crippen LogP contribution in [0.2, 0.25) is 10.0 Å². The second kappa shape index (κ2) is 11.2. The minimum Gasteiger partial charge on any atom is -0.479 e. The van der Waals surface area contributed by atoms with Gasteiger partial charge in [0.25, 0.3) is 11.8 Å². The average Bonchev–Trinajstić information content (AvgIpc) is 2.70. The van der Waals surface area contributed by atoms with E-state index >= 15 is 0 Å². The Morgan fingerprint density at radius 2 is 1.90 bits per heavy atom. The van der Waals surface area contributed by atoms with E-state index in [0.717, 1.165) is 5.56 Å². The number of ether oxygens (including phenoxy) is 1. The molecule has 1 atom stereocenters. The lowest BCUT2D eigenvalue weighted by Gasteiger charge is -2.20. The minimum atomic E-state index is -0.817. The van der Waals surface area contributed by atoms with Crippen LogP contribution in [0.15, 0.2) is 47.6 Å². The zero-order valence-electron chi connectivity index (χ0n) is 16.4. The molecule has 0 heterocycles. The summed E-state index contributed by atoms with van der Waals surface area (Å²) in [5, 5.41) is 15.7. The largest absolute Gasteiger partial charge is 0.479 e. The fraction of sp³-hybridized carbons (Fsp3) is 0.238. The number of amides is 2. The van der Waals surface area contributed by atoms with Crippen LogP contribution in [0.3, 0.4) is 0 Å². The highest BCUT2D eigenvalue weighted by molar-refractivity contribution is 6.36. The maximum absolute atomic E-state index is 12.5. The number of carbonyl (C=O) groups is 2. The maximum atomic E-state index is 12.5. The Bertz CT molecular complexity index is 969. The number of nitrogens with one attached hydrogen (secondary N) is 2. The molecule has 7 nitrogen and oxygen atoms in total. The molecule has 0 saturated heterocycles. The van der Waals surface area contributed by atoms with E-state index in [9.17, 15) is 9.59 Å². The first-order chi connectivity index (χ1) is 14.3. The molecule has 2 aromatic rings. The summed E-state index contributed by atoms with van der Waals surface area (Å²) in [5.74, 6) is -0.580. The van der Waals surface area contributed by atoms with E-state index in [-0.39, 0.29) is 23.1 Å². The van der Waals surface area contributed by atoms with Crippen molar-refractivity contribution in [2.24, 2.45) is 11.0 Å². The molecule has 2 N–H and O–H groups in total. The van der Waals surface area contributed by atoms with Crippen molar-refractivity contribution in [2.75, 3.05) is 6.61 Å². The van der Waals surface area contributed by atoms with Gasteiger partial charge in [-0.05, 0) is 53.9 Å². The molecule has 0 aliphatic carbocycles. The number of carbonyl (C=O) groups excluding carboxylic acids is 2. The van der Waals surface area contributed by atoms with Crippen LogP contribution < -0.4 is 15.5 Å². The molecule has 2 rings (SSSR count). The number of hydrogen-bond donors (Lipinski definition) is 2. The number of nitrogens with zero attached hydrogens (tertiary/aromatic N) is 2. The Labute approximate surface area is 184 Å². The summed E-state index contributed by atoms with van der Waals surface area (Å²) in [5.41, 5.74) is 3.37. The molecule has 0 saturated carbocycles. The molecular formula is C21H20Cl2N4O3. The van der Waals surface area contributed by atoms with Crippen molar-refractivity contribution >= 4 is 41.2 Å². The van der Waals surface area contributed by atoms with Gasteiger partial charge >= 0.3 is 0 Å². The van der Waals surface area contributed by atoms with E-state index in [1.807, 2.05) is 6.07 Å². The van der Waals surface area contributed by atoms with Gasteiger partial charge in [-0.2, -0.15) is 10.4 Å². The quantitative estimate of drug-likeness (QED) is 0.475. The van der Waals surface area contributed by atoms with Crippen molar-refractivity contribution in [1.29, 1.82) is 5.26 Å². The third kappa shape index (κ3) is 6.76. The molecule has 0 fully saturated rings. The number of nitriles is 1. The fourth-order valence-corrected chi connectivity index (χ4v) is 2.93. The first-order valence-corrected chi connectivity index (χ1v) is 9.76. The Morgan fingerprint density at radius 1 is 1.20 bits per heavy atom. The predicted octanol–water partition coefficient (Wildman–Crippen LogP) is 3.80. The molecule has 30 heavy (non-hydrogen) atoms. The molecule has 0 bridgehead atoms. The summed E-state index contributed by atoms with van der Waals surface area (Å²) in [7, 11) is 0. The molecule has 2 aromatic carbocycles. The molecule has 156 valence electrons. The van der Waals surface area contributed by atoms with Crippen molar-refractivity contribution in [2.45, 2.75) is 19.9 Å². The lowest BCUT2D eigenvalue weighted by molar-refractivity contribution is -0.123. The van der Waals surface area contributed by atoms with Crippen LogP contribution >= 0.6 is 23.2 Å². The zero-order chi connectivity index (χ0) is 22.1. The molecule has 2 amide bonds. The Balaban J connectivity index is 1.99. The van der Waals surface area contributed by atoms with Gasteiger partial charge in [0.2, 0.25) is 0 Å². The van der Waals surface area contributed by atoms with Crippen molar-refractivity contribution < 1.29 is 14.3 Å². The summed E-state index contributed by atoms with van der Waals surface area (Å²) < 4.78 is 5.17. The lowest BCUT2D eigenvalue weighted by Crippen LogP contribution is -2.48. The van der Waals surface area contributed by atoms with E-state index in [1.54, 1.807) is 44.2 Å². The number of benzene rings is 2. The first kappa shape index (κ1) is 23.2. The highest BCUT2D eigenvalue weighted by Crippen LogP contribution is 2.21. The van der Waals surface area contributed by atoms with Gasteiger partial charge in [-0.3, -0.25) is 9.59 Å². The van der Waals surface area contributed by atoms with Gasteiger partial charge in [-0.1, -0.05) is 37.0 Å². The summed E-state index contributed by atoms with van der Waals surface area (Å²) >= 11 is 11.9. The summed E-state index contributed by atoms with van der Waals surface area (Å²) in [6.07, 6.45) is 1.46. The Hall–Kier alpha value is -3.08. The number of halogens is 2. The topological polar surface area (TPSA) is 104 Å². The normalized spacial score (nSPS) is 11.7. The third-order valence-corrected chi connectivity index (χ3v) is 4.53. The highest BCUT2D eigenvalue weighted by atomic mass is 35.5. The van der Waals surface area contributed by atoms with Gasteiger partial charge in [0.15, 0.2) is 6.61 Å². The van der Waals surface area contributed by atoms with Crippen LogP contribution in [-0.2, 0) is 4.79 Å². The van der Waals surface area contributed by atoms with E-state index in [0.29, 0.717) is 10.8 Å². The van der Waals surface area contributed by atoms with Gasteiger partial charge in [-0.15, -0.1) is 0 Å². The third-order valence-electron chi connectivity index (χ3n) is 3.98. The second-order valence-corrected chi connectivity index (χ2v) is 7.41. The van der Waals surface area contributed by atoms with Crippen LogP contribution in [0.5, 0.6) is 5.75 Å². The van der Waals surface area contributed by atoms with Crippen molar-refractivity contribution in [1.82, 2.24) is 10.7 Å². The molecule has 9 heteroatoms. The van der Waals surface area contributed by atoms with Crippen LogP contribution in [0.25, 0.3) is 0 Å². The van der Waals surface area contributed by atoms with Crippen LogP contribution in [0, 0.1) is 17.2 Å². The fourth-order valence-electron chi connectivity index (χ4n) is 2.43. The minimum absolute atomic E-state index is 0.0347. The lowest BCUT2D eigenvalue weighted by atomic mass is 10.0.